The molecule has 0 bridgehead atoms. The van der Waals surface area contributed by atoms with Crippen LogP contribution in [-0.4, -0.2) is 38.1 Å². The van der Waals surface area contributed by atoms with Crippen LogP contribution in [0.15, 0.2) is 164 Å². The van der Waals surface area contributed by atoms with Crippen LogP contribution in [0.1, 0.15) is 45.0 Å². The largest absolute Gasteiger partial charge is 0.497 e. The predicted octanol–water partition coefficient (Wildman–Crippen LogP) is 10.4. The lowest BCUT2D eigenvalue weighted by molar-refractivity contribution is -0.275. The lowest BCUT2D eigenvalue weighted by atomic mass is 9.89. The fourth-order valence-corrected chi connectivity index (χ4v) is 7.11. The third kappa shape index (κ3) is 10.7. The maximum Gasteiger partial charge on any atom is 0.118 e. The summed E-state index contributed by atoms with van der Waals surface area (Å²) in [4.78, 5) is 0. The molecule has 1 saturated heterocycles. The standard InChI is InChI=1S/C48H47ClO6/c1-50-42-25-22-35(23-26-42)28-41-29-40(24-27-43(41)49)45-47(53-32-38-18-10-4-11-19-38)48(54-33-39-20-12-5-13-21-39)46(52-31-37-16-8-3-9-17-37)44(55-45)34-51-30-36-14-6-2-7-15-36/h2-27,29,44-48H,28,30-34H2,1H3/t44-,45+,46-,47+,48+/m1/s1. The highest BCUT2D eigenvalue weighted by molar-refractivity contribution is 6.31. The van der Waals surface area contributed by atoms with Crippen LogP contribution < -0.4 is 4.74 Å². The molecule has 0 spiro atoms. The van der Waals surface area contributed by atoms with E-state index < -0.39 is 30.5 Å². The van der Waals surface area contributed by atoms with Crippen molar-refractivity contribution in [1.29, 1.82) is 0 Å². The Morgan fingerprint density at radius 3 is 1.53 bits per heavy atom. The van der Waals surface area contributed by atoms with Crippen molar-refractivity contribution in [2.75, 3.05) is 13.7 Å². The summed E-state index contributed by atoms with van der Waals surface area (Å²) in [5.74, 6) is 0.809. The molecule has 0 aromatic heterocycles. The summed E-state index contributed by atoms with van der Waals surface area (Å²) in [7, 11) is 1.67. The Kier molecular flexibility index (Phi) is 13.8. The average molecular weight is 755 g/mol. The zero-order valence-corrected chi connectivity index (χ0v) is 31.8. The summed E-state index contributed by atoms with van der Waals surface area (Å²) < 4.78 is 39.7. The first-order valence-electron chi connectivity index (χ1n) is 18.8. The Labute approximate surface area is 329 Å². The number of benzene rings is 6. The third-order valence-corrected chi connectivity index (χ3v) is 10.2. The van der Waals surface area contributed by atoms with Gasteiger partial charge in [0.15, 0.2) is 0 Å². The molecule has 1 aliphatic heterocycles. The van der Waals surface area contributed by atoms with E-state index in [2.05, 4.69) is 66.7 Å². The topological polar surface area (TPSA) is 55.4 Å². The van der Waals surface area contributed by atoms with Crippen molar-refractivity contribution in [3.05, 3.63) is 208 Å². The molecule has 55 heavy (non-hydrogen) atoms. The quantitative estimate of drug-likeness (QED) is 0.0924. The fourth-order valence-electron chi connectivity index (χ4n) is 6.93. The van der Waals surface area contributed by atoms with E-state index in [4.69, 9.17) is 40.0 Å². The first kappa shape index (κ1) is 38.5. The first-order chi connectivity index (χ1) is 27.1. The van der Waals surface area contributed by atoms with Crippen molar-refractivity contribution in [3.8, 4) is 5.75 Å². The highest BCUT2D eigenvalue weighted by Crippen LogP contribution is 2.40. The van der Waals surface area contributed by atoms with E-state index in [0.717, 1.165) is 44.7 Å². The Bertz CT molecular complexity index is 2010. The molecule has 1 aliphatic rings. The van der Waals surface area contributed by atoms with E-state index in [1.165, 1.54) is 0 Å². The second-order valence-electron chi connectivity index (χ2n) is 13.8. The van der Waals surface area contributed by atoms with E-state index in [9.17, 15) is 0 Å². The van der Waals surface area contributed by atoms with Crippen LogP contribution in [-0.2, 0) is 56.5 Å². The molecule has 5 atom stereocenters. The monoisotopic (exact) mass is 754 g/mol. The van der Waals surface area contributed by atoms with Gasteiger partial charge in [0.25, 0.3) is 0 Å². The molecular weight excluding hydrogens is 708 g/mol. The minimum absolute atomic E-state index is 0.285. The number of rotatable bonds is 17. The molecule has 0 saturated carbocycles. The average Bonchev–Trinajstić information content (AvgIpc) is 3.24. The van der Waals surface area contributed by atoms with Crippen LogP contribution in [0.25, 0.3) is 0 Å². The summed E-state index contributed by atoms with van der Waals surface area (Å²) in [5.41, 5.74) is 7.28. The van der Waals surface area contributed by atoms with Gasteiger partial charge in [0.05, 0.1) is 40.1 Å². The minimum Gasteiger partial charge on any atom is -0.497 e. The van der Waals surface area contributed by atoms with Gasteiger partial charge in [0, 0.05) is 5.02 Å². The van der Waals surface area contributed by atoms with Gasteiger partial charge in [-0.2, -0.15) is 0 Å². The highest BCUT2D eigenvalue weighted by atomic mass is 35.5. The summed E-state index contributed by atoms with van der Waals surface area (Å²) in [6.45, 7) is 1.83. The highest BCUT2D eigenvalue weighted by Gasteiger charge is 2.49. The molecule has 1 fully saturated rings. The van der Waals surface area contributed by atoms with Crippen LogP contribution in [0, 0.1) is 0 Å². The molecule has 282 valence electrons. The molecule has 7 rings (SSSR count). The Balaban J connectivity index is 1.25. The summed E-state index contributed by atoms with van der Waals surface area (Å²) in [5, 5.41) is 0.681. The number of halogens is 1. The minimum atomic E-state index is -0.551. The molecule has 0 aliphatic carbocycles. The Morgan fingerprint density at radius 2 is 1.00 bits per heavy atom. The lowest BCUT2D eigenvalue weighted by Crippen LogP contribution is -2.58. The molecule has 6 aromatic rings. The van der Waals surface area contributed by atoms with Gasteiger partial charge >= 0.3 is 0 Å². The van der Waals surface area contributed by atoms with E-state index in [-0.39, 0.29) is 6.61 Å². The van der Waals surface area contributed by atoms with Crippen molar-refractivity contribution < 1.29 is 28.4 Å². The van der Waals surface area contributed by atoms with Crippen LogP contribution in [0.2, 0.25) is 5.02 Å². The molecule has 6 nitrogen and oxygen atoms in total. The van der Waals surface area contributed by atoms with Gasteiger partial charge in [-0.1, -0.05) is 157 Å². The van der Waals surface area contributed by atoms with Gasteiger partial charge in [-0.3, -0.25) is 0 Å². The summed E-state index contributed by atoms with van der Waals surface area (Å²) in [6.07, 6.45) is -1.99. The molecular formula is C48H47ClO6. The van der Waals surface area contributed by atoms with Gasteiger partial charge in [0.2, 0.25) is 0 Å². The smallest absolute Gasteiger partial charge is 0.118 e. The van der Waals surface area contributed by atoms with Crippen molar-refractivity contribution in [3.63, 3.8) is 0 Å². The second kappa shape index (κ2) is 19.7. The van der Waals surface area contributed by atoms with Crippen molar-refractivity contribution in [2.24, 2.45) is 0 Å². The Morgan fingerprint density at radius 1 is 0.509 bits per heavy atom. The molecule has 0 amide bonds. The van der Waals surface area contributed by atoms with Crippen LogP contribution >= 0.6 is 11.6 Å². The zero-order valence-electron chi connectivity index (χ0n) is 31.0. The SMILES string of the molecule is COc1ccc(Cc2cc([C@@H]3O[C@H](COCc4ccccc4)[C@@H](OCc4ccccc4)[C@H](OCc4ccccc4)[C@H]3OCc3ccccc3)ccc2Cl)cc1. The van der Waals surface area contributed by atoms with E-state index >= 15 is 0 Å². The fraction of sp³-hybridized carbons (Fsp3) is 0.250. The van der Waals surface area contributed by atoms with E-state index in [0.29, 0.717) is 37.9 Å². The van der Waals surface area contributed by atoms with Crippen LogP contribution in [0.3, 0.4) is 0 Å². The van der Waals surface area contributed by atoms with Gasteiger partial charge < -0.3 is 28.4 Å². The normalized spacial score (nSPS) is 19.6. The first-order valence-corrected chi connectivity index (χ1v) is 19.2. The van der Waals surface area contributed by atoms with Crippen molar-refractivity contribution >= 4 is 11.6 Å². The number of ether oxygens (including phenoxy) is 6. The molecule has 6 aromatic carbocycles. The van der Waals surface area contributed by atoms with Gasteiger partial charge in [-0.25, -0.2) is 0 Å². The third-order valence-electron chi connectivity index (χ3n) is 9.84. The number of methoxy groups -OCH3 is 1. The maximum atomic E-state index is 7.16. The Hall–Kier alpha value is -4.79. The zero-order chi connectivity index (χ0) is 37.7. The van der Waals surface area contributed by atoms with E-state index in [1.807, 2.05) is 97.1 Å². The summed E-state index contributed by atoms with van der Waals surface area (Å²) >= 11 is 6.88. The molecule has 1 heterocycles. The molecule has 0 N–H and O–H groups in total. The maximum absolute atomic E-state index is 7.16. The van der Waals surface area contributed by atoms with Crippen molar-refractivity contribution in [1.82, 2.24) is 0 Å². The molecule has 7 heteroatoms. The van der Waals surface area contributed by atoms with Gasteiger partial charge in [-0.15, -0.1) is 0 Å². The molecule has 0 radical (unpaired) electrons. The second-order valence-corrected chi connectivity index (χ2v) is 14.2. The van der Waals surface area contributed by atoms with E-state index in [1.54, 1.807) is 7.11 Å². The molecule has 0 unspecified atom stereocenters. The van der Waals surface area contributed by atoms with Crippen LogP contribution in [0.5, 0.6) is 5.75 Å². The lowest BCUT2D eigenvalue weighted by Gasteiger charge is -2.46. The number of hydrogen-bond acceptors (Lipinski definition) is 6. The predicted molar refractivity (Wildman–Crippen MR) is 216 cm³/mol. The van der Waals surface area contributed by atoms with Gasteiger partial charge in [0.1, 0.15) is 36.3 Å². The van der Waals surface area contributed by atoms with Crippen molar-refractivity contribution in [2.45, 2.75) is 63.4 Å². The van der Waals surface area contributed by atoms with Crippen LogP contribution in [0.4, 0.5) is 0 Å². The summed E-state index contributed by atoms with van der Waals surface area (Å²) in [6, 6.07) is 54.9. The van der Waals surface area contributed by atoms with Gasteiger partial charge in [-0.05, 0) is 63.6 Å². The number of hydrogen-bond donors (Lipinski definition) is 0.